The number of rotatable bonds is 5. The number of benzene rings is 1. The third-order valence-electron chi connectivity index (χ3n) is 4.09. The van der Waals surface area contributed by atoms with Crippen LogP contribution in [0.1, 0.15) is 41.3 Å². The number of carbonyl (C=O) groups is 2. The molecule has 5 heteroatoms. The SMILES string of the molecule is Cc1ccc(C(=O)NCC(=O)NC(C)C2CCCO2)cc1C. The van der Waals surface area contributed by atoms with E-state index in [2.05, 4.69) is 10.6 Å². The van der Waals surface area contributed by atoms with E-state index in [1.54, 1.807) is 6.07 Å². The molecule has 2 N–H and O–H groups in total. The van der Waals surface area contributed by atoms with Crippen molar-refractivity contribution in [3.8, 4) is 0 Å². The Labute approximate surface area is 131 Å². The van der Waals surface area contributed by atoms with Gasteiger partial charge in [0.1, 0.15) is 0 Å². The predicted octanol–water partition coefficient (Wildman–Crippen LogP) is 1.72. The molecule has 22 heavy (non-hydrogen) atoms. The average Bonchev–Trinajstić information content (AvgIpc) is 3.02. The normalized spacial score (nSPS) is 18.8. The zero-order chi connectivity index (χ0) is 16.1. The van der Waals surface area contributed by atoms with Gasteiger partial charge in [0.25, 0.3) is 5.91 Å². The molecule has 0 saturated carbocycles. The first kappa shape index (κ1) is 16.5. The molecule has 1 aromatic rings. The summed E-state index contributed by atoms with van der Waals surface area (Å²) in [7, 11) is 0. The van der Waals surface area contributed by atoms with E-state index in [-0.39, 0.29) is 30.5 Å². The van der Waals surface area contributed by atoms with E-state index >= 15 is 0 Å². The van der Waals surface area contributed by atoms with Crippen molar-refractivity contribution >= 4 is 11.8 Å². The fourth-order valence-electron chi connectivity index (χ4n) is 2.54. The van der Waals surface area contributed by atoms with E-state index in [0.29, 0.717) is 5.56 Å². The molecular weight excluding hydrogens is 280 g/mol. The van der Waals surface area contributed by atoms with Crippen LogP contribution in [0.4, 0.5) is 0 Å². The summed E-state index contributed by atoms with van der Waals surface area (Å²) in [6, 6.07) is 5.47. The molecule has 5 nitrogen and oxygen atoms in total. The highest BCUT2D eigenvalue weighted by Gasteiger charge is 2.23. The summed E-state index contributed by atoms with van der Waals surface area (Å²) in [6.45, 7) is 6.62. The lowest BCUT2D eigenvalue weighted by molar-refractivity contribution is -0.121. The molecule has 0 aromatic heterocycles. The van der Waals surface area contributed by atoms with Crippen molar-refractivity contribution < 1.29 is 14.3 Å². The smallest absolute Gasteiger partial charge is 0.251 e. The second-order valence-corrected chi connectivity index (χ2v) is 5.89. The second-order valence-electron chi connectivity index (χ2n) is 5.89. The Morgan fingerprint density at radius 1 is 1.32 bits per heavy atom. The van der Waals surface area contributed by atoms with Crippen LogP contribution in [-0.4, -0.2) is 37.1 Å². The number of carbonyl (C=O) groups excluding carboxylic acids is 2. The Hall–Kier alpha value is -1.88. The fraction of sp³-hybridized carbons (Fsp3) is 0.529. The molecule has 1 aliphatic heterocycles. The van der Waals surface area contributed by atoms with Crippen molar-refractivity contribution in [1.82, 2.24) is 10.6 Å². The summed E-state index contributed by atoms with van der Waals surface area (Å²) >= 11 is 0. The lowest BCUT2D eigenvalue weighted by atomic mass is 10.1. The van der Waals surface area contributed by atoms with Crippen LogP contribution >= 0.6 is 0 Å². The van der Waals surface area contributed by atoms with Crippen molar-refractivity contribution in [2.24, 2.45) is 0 Å². The Balaban J connectivity index is 1.79. The molecule has 2 amide bonds. The molecule has 0 bridgehead atoms. The van der Waals surface area contributed by atoms with Gasteiger partial charge in [0.05, 0.1) is 18.7 Å². The van der Waals surface area contributed by atoms with Gasteiger partial charge in [0.15, 0.2) is 0 Å². The van der Waals surface area contributed by atoms with Crippen LogP contribution in [0, 0.1) is 13.8 Å². The first-order chi connectivity index (χ1) is 10.5. The molecule has 0 aliphatic carbocycles. The van der Waals surface area contributed by atoms with Gasteiger partial charge in [0.2, 0.25) is 5.91 Å². The van der Waals surface area contributed by atoms with Gasteiger partial charge < -0.3 is 15.4 Å². The number of nitrogens with one attached hydrogen (secondary N) is 2. The molecule has 1 aromatic carbocycles. The highest BCUT2D eigenvalue weighted by atomic mass is 16.5. The minimum Gasteiger partial charge on any atom is -0.376 e. The third kappa shape index (κ3) is 4.31. The van der Waals surface area contributed by atoms with Gasteiger partial charge in [-0.25, -0.2) is 0 Å². The highest BCUT2D eigenvalue weighted by molar-refractivity contribution is 5.96. The lowest BCUT2D eigenvalue weighted by Gasteiger charge is -2.20. The zero-order valence-electron chi connectivity index (χ0n) is 13.4. The predicted molar refractivity (Wildman–Crippen MR) is 84.8 cm³/mol. The van der Waals surface area contributed by atoms with Crippen LogP contribution < -0.4 is 10.6 Å². The molecule has 0 spiro atoms. The maximum Gasteiger partial charge on any atom is 0.251 e. The standard InChI is InChI=1S/C17H24N2O3/c1-11-6-7-14(9-12(11)2)17(21)18-10-16(20)19-13(3)15-5-4-8-22-15/h6-7,9,13,15H,4-5,8,10H2,1-3H3,(H,18,21)(H,19,20). The molecular formula is C17H24N2O3. The maximum atomic E-state index is 12.0. The molecule has 1 saturated heterocycles. The summed E-state index contributed by atoms with van der Waals surface area (Å²) in [6.07, 6.45) is 2.09. The van der Waals surface area contributed by atoms with Crippen LogP contribution in [0.15, 0.2) is 18.2 Å². The van der Waals surface area contributed by atoms with Crippen molar-refractivity contribution in [3.05, 3.63) is 34.9 Å². The van der Waals surface area contributed by atoms with Gasteiger partial charge in [-0.1, -0.05) is 6.07 Å². The molecule has 120 valence electrons. The lowest BCUT2D eigenvalue weighted by Crippen LogP contribution is -2.45. The Morgan fingerprint density at radius 3 is 2.73 bits per heavy atom. The average molecular weight is 304 g/mol. The summed E-state index contributed by atoms with van der Waals surface area (Å²) in [5.74, 6) is -0.428. The molecule has 1 aliphatic rings. The topological polar surface area (TPSA) is 67.4 Å². The Bertz CT molecular complexity index is 551. The van der Waals surface area contributed by atoms with Gasteiger partial charge in [-0.2, -0.15) is 0 Å². The first-order valence-electron chi connectivity index (χ1n) is 7.74. The Kier molecular flexibility index (Phi) is 5.55. The number of ether oxygens (including phenoxy) is 1. The van der Waals surface area contributed by atoms with E-state index < -0.39 is 0 Å². The number of aryl methyl sites for hydroxylation is 2. The van der Waals surface area contributed by atoms with E-state index in [1.807, 2.05) is 32.9 Å². The summed E-state index contributed by atoms with van der Waals surface area (Å²) < 4.78 is 5.53. The van der Waals surface area contributed by atoms with E-state index in [1.165, 1.54) is 0 Å². The first-order valence-corrected chi connectivity index (χ1v) is 7.74. The highest BCUT2D eigenvalue weighted by Crippen LogP contribution is 2.15. The van der Waals surface area contributed by atoms with Gasteiger partial charge in [0, 0.05) is 12.2 Å². The number of hydrogen-bond acceptors (Lipinski definition) is 3. The molecule has 1 heterocycles. The van der Waals surface area contributed by atoms with E-state index in [4.69, 9.17) is 4.74 Å². The fourth-order valence-corrected chi connectivity index (χ4v) is 2.54. The Morgan fingerprint density at radius 2 is 2.09 bits per heavy atom. The third-order valence-corrected chi connectivity index (χ3v) is 4.09. The van der Waals surface area contributed by atoms with Crippen molar-refractivity contribution in [3.63, 3.8) is 0 Å². The van der Waals surface area contributed by atoms with Gasteiger partial charge >= 0.3 is 0 Å². The number of hydrogen-bond donors (Lipinski definition) is 2. The van der Waals surface area contributed by atoms with Gasteiger partial charge in [-0.15, -0.1) is 0 Å². The number of amides is 2. The van der Waals surface area contributed by atoms with E-state index in [9.17, 15) is 9.59 Å². The molecule has 0 radical (unpaired) electrons. The maximum absolute atomic E-state index is 12.0. The van der Waals surface area contributed by atoms with Crippen molar-refractivity contribution in [2.75, 3.05) is 13.2 Å². The van der Waals surface area contributed by atoms with E-state index in [0.717, 1.165) is 30.6 Å². The molecule has 1 fully saturated rings. The second kappa shape index (κ2) is 7.40. The van der Waals surface area contributed by atoms with Crippen LogP contribution in [0.5, 0.6) is 0 Å². The van der Waals surface area contributed by atoms with Crippen LogP contribution in [-0.2, 0) is 9.53 Å². The summed E-state index contributed by atoms with van der Waals surface area (Å²) in [5, 5.41) is 5.52. The molecule has 2 unspecified atom stereocenters. The molecule has 2 rings (SSSR count). The van der Waals surface area contributed by atoms with Crippen LogP contribution in [0.2, 0.25) is 0 Å². The van der Waals surface area contributed by atoms with Gasteiger partial charge in [-0.05, 0) is 56.9 Å². The van der Waals surface area contributed by atoms with Gasteiger partial charge in [-0.3, -0.25) is 9.59 Å². The zero-order valence-corrected chi connectivity index (χ0v) is 13.4. The minimum absolute atomic E-state index is 0.0250. The van der Waals surface area contributed by atoms with Crippen molar-refractivity contribution in [2.45, 2.75) is 45.8 Å². The monoisotopic (exact) mass is 304 g/mol. The minimum atomic E-state index is -0.233. The van der Waals surface area contributed by atoms with Crippen LogP contribution in [0.3, 0.4) is 0 Å². The molecule has 2 atom stereocenters. The largest absolute Gasteiger partial charge is 0.376 e. The van der Waals surface area contributed by atoms with Crippen LogP contribution in [0.25, 0.3) is 0 Å². The summed E-state index contributed by atoms with van der Waals surface area (Å²) in [5.41, 5.74) is 2.77. The quantitative estimate of drug-likeness (QED) is 0.870. The van der Waals surface area contributed by atoms with Crippen molar-refractivity contribution in [1.29, 1.82) is 0 Å². The summed E-state index contributed by atoms with van der Waals surface area (Å²) in [4.78, 5) is 23.9.